The Bertz CT molecular complexity index is 154. The van der Waals surface area contributed by atoms with Gasteiger partial charge in [0.25, 0.3) is 0 Å². The van der Waals surface area contributed by atoms with Gasteiger partial charge in [0.05, 0.1) is 12.1 Å². The highest BCUT2D eigenvalue weighted by Crippen LogP contribution is 1.96. The molecule has 0 unspecified atom stereocenters. The number of ether oxygens (including phenoxy) is 1. The first kappa shape index (κ1) is 9.94. The van der Waals surface area contributed by atoms with Crippen molar-refractivity contribution in [3.8, 4) is 0 Å². The van der Waals surface area contributed by atoms with Crippen LogP contribution in [0.1, 0.15) is 20.8 Å². The zero-order valence-corrected chi connectivity index (χ0v) is 7.01. The van der Waals surface area contributed by atoms with Crippen molar-refractivity contribution in [2.24, 2.45) is 0 Å². The Labute approximate surface area is 65.9 Å². The van der Waals surface area contributed by atoms with Crippen molar-refractivity contribution in [2.45, 2.75) is 26.3 Å². The van der Waals surface area contributed by atoms with Gasteiger partial charge in [0.1, 0.15) is 6.29 Å². The molecule has 4 nitrogen and oxygen atoms in total. The summed E-state index contributed by atoms with van der Waals surface area (Å²) in [4.78, 5) is 21.0. The summed E-state index contributed by atoms with van der Waals surface area (Å²) in [6.07, 6.45) is 0.0915. The summed E-state index contributed by atoms with van der Waals surface area (Å²) >= 11 is 0. The Kier molecular flexibility index (Phi) is 3.57. The molecule has 1 N–H and O–H groups in total. The van der Waals surface area contributed by atoms with Crippen LogP contribution in [0.15, 0.2) is 0 Å². The minimum atomic E-state index is -0.841. The molecule has 0 aliphatic carbocycles. The lowest BCUT2D eigenvalue weighted by Gasteiger charge is -2.17. The van der Waals surface area contributed by atoms with E-state index in [4.69, 9.17) is 0 Å². The monoisotopic (exact) mass is 159 g/mol. The van der Waals surface area contributed by atoms with E-state index in [1.807, 2.05) is 0 Å². The standard InChI is InChI=1S/C7H13NO3/c1-4-11-6(10)8-7(2,3)5-9/h5H,4H2,1-3H3,(H,8,10). The Morgan fingerprint density at radius 3 is 2.55 bits per heavy atom. The van der Waals surface area contributed by atoms with Crippen LogP contribution in [0.5, 0.6) is 0 Å². The number of amides is 1. The maximum absolute atomic E-state index is 10.7. The van der Waals surface area contributed by atoms with E-state index in [0.717, 1.165) is 0 Å². The van der Waals surface area contributed by atoms with Gasteiger partial charge in [-0.05, 0) is 20.8 Å². The quantitative estimate of drug-likeness (QED) is 0.617. The summed E-state index contributed by atoms with van der Waals surface area (Å²) < 4.78 is 4.57. The van der Waals surface area contributed by atoms with E-state index in [-0.39, 0.29) is 0 Å². The van der Waals surface area contributed by atoms with Gasteiger partial charge in [0, 0.05) is 0 Å². The van der Waals surface area contributed by atoms with E-state index in [0.29, 0.717) is 12.9 Å². The van der Waals surface area contributed by atoms with Crippen molar-refractivity contribution in [3.63, 3.8) is 0 Å². The Morgan fingerprint density at radius 2 is 2.18 bits per heavy atom. The Morgan fingerprint density at radius 1 is 1.64 bits per heavy atom. The van der Waals surface area contributed by atoms with Crippen LogP contribution in [0.4, 0.5) is 4.79 Å². The number of hydrogen-bond acceptors (Lipinski definition) is 3. The van der Waals surface area contributed by atoms with Gasteiger partial charge in [-0.1, -0.05) is 0 Å². The van der Waals surface area contributed by atoms with Crippen LogP contribution < -0.4 is 5.32 Å². The molecule has 1 amide bonds. The van der Waals surface area contributed by atoms with Gasteiger partial charge in [0.2, 0.25) is 0 Å². The first-order valence-corrected chi connectivity index (χ1v) is 3.43. The first-order chi connectivity index (χ1) is 5.02. The average molecular weight is 159 g/mol. The van der Waals surface area contributed by atoms with Crippen molar-refractivity contribution < 1.29 is 14.3 Å². The molecule has 64 valence electrons. The van der Waals surface area contributed by atoms with Crippen LogP contribution >= 0.6 is 0 Å². The molecule has 0 bridgehead atoms. The van der Waals surface area contributed by atoms with Crippen LogP contribution in [0, 0.1) is 0 Å². The first-order valence-electron chi connectivity index (χ1n) is 3.43. The van der Waals surface area contributed by atoms with E-state index < -0.39 is 11.6 Å². The van der Waals surface area contributed by atoms with Crippen molar-refractivity contribution in [1.82, 2.24) is 5.32 Å². The van der Waals surface area contributed by atoms with Gasteiger partial charge in [0.15, 0.2) is 0 Å². The number of rotatable bonds is 3. The normalized spacial score (nSPS) is 10.5. The third kappa shape index (κ3) is 4.36. The molecule has 0 saturated carbocycles. The van der Waals surface area contributed by atoms with Gasteiger partial charge in [-0.15, -0.1) is 0 Å². The van der Waals surface area contributed by atoms with Gasteiger partial charge in [-0.2, -0.15) is 0 Å². The Balaban J connectivity index is 3.83. The summed E-state index contributed by atoms with van der Waals surface area (Å²) in [6, 6.07) is 0. The highest BCUT2D eigenvalue weighted by atomic mass is 16.5. The number of nitrogens with one attached hydrogen (secondary N) is 1. The zero-order valence-electron chi connectivity index (χ0n) is 7.01. The molecular formula is C7H13NO3. The molecule has 0 aliphatic rings. The molecule has 0 rings (SSSR count). The fourth-order valence-electron chi connectivity index (χ4n) is 0.460. The van der Waals surface area contributed by atoms with Gasteiger partial charge < -0.3 is 14.8 Å². The molecule has 4 heteroatoms. The largest absolute Gasteiger partial charge is 0.450 e. The number of aldehydes is 1. The highest BCUT2D eigenvalue weighted by Gasteiger charge is 2.19. The zero-order chi connectivity index (χ0) is 8.91. The van der Waals surface area contributed by atoms with E-state index in [2.05, 4.69) is 10.1 Å². The molecule has 0 aromatic carbocycles. The van der Waals surface area contributed by atoms with Crippen molar-refractivity contribution in [3.05, 3.63) is 0 Å². The van der Waals surface area contributed by atoms with Gasteiger partial charge in [-0.25, -0.2) is 4.79 Å². The predicted molar refractivity (Wildman–Crippen MR) is 40.3 cm³/mol. The third-order valence-electron chi connectivity index (χ3n) is 0.994. The van der Waals surface area contributed by atoms with E-state index in [9.17, 15) is 9.59 Å². The van der Waals surface area contributed by atoms with E-state index >= 15 is 0 Å². The van der Waals surface area contributed by atoms with Crippen LogP contribution in [0.2, 0.25) is 0 Å². The third-order valence-corrected chi connectivity index (χ3v) is 0.994. The molecule has 11 heavy (non-hydrogen) atoms. The molecular weight excluding hydrogens is 146 g/mol. The molecule has 0 aliphatic heterocycles. The van der Waals surface area contributed by atoms with Crippen molar-refractivity contribution in [1.29, 1.82) is 0 Å². The second-order valence-corrected chi connectivity index (χ2v) is 2.69. The topological polar surface area (TPSA) is 55.4 Å². The fraction of sp³-hybridized carbons (Fsp3) is 0.714. The molecule has 0 spiro atoms. The maximum atomic E-state index is 10.7. The summed E-state index contributed by atoms with van der Waals surface area (Å²) in [5.41, 5.74) is -0.841. The van der Waals surface area contributed by atoms with Crippen LogP contribution in [-0.2, 0) is 9.53 Å². The lowest BCUT2D eigenvalue weighted by molar-refractivity contribution is -0.112. The average Bonchev–Trinajstić information content (AvgIpc) is 1.87. The molecule has 0 fully saturated rings. The van der Waals surface area contributed by atoms with Crippen molar-refractivity contribution in [2.75, 3.05) is 6.61 Å². The lowest BCUT2D eigenvalue weighted by Crippen LogP contribution is -2.44. The summed E-state index contributed by atoms with van der Waals surface area (Å²) in [5.74, 6) is 0. The van der Waals surface area contributed by atoms with Crippen LogP contribution in [-0.4, -0.2) is 24.5 Å². The second-order valence-electron chi connectivity index (χ2n) is 2.69. The van der Waals surface area contributed by atoms with Gasteiger partial charge >= 0.3 is 6.09 Å². The number of carbonyl (C=O) groups is 2. The molecule has 0 aromatic rings. The summed E-state index contributed by atoms with van der Waals surface area (Å²) in [7, 11) is 0. The highest BCUT2D eigenvalue weighted by molar-refractivity contribution is 5.75. The minimum Gasteiger partial charge on any atom is -0.450 e. The smallest absolute Gasteiger partial charge is 0.407 e. The number of alkyl carbamates (subject to hydrolysis) is 1. The number of hydrogen-bond donors (Lipinski definition) is 1. The number of carbonyl (C=O) groups excluding carboxylic acids is 2. The molecule has 0 heterocycles. The van der Waals surface area contributed by atoms with E-state index in [1.165, 1.54) is 0 Å². The SMILES string of the molecule is CCOC(=O)NC(C)(C)C=O. The second kappa shape index (κ2) is 3.95. The van der Waals surface area contributed by atoms with E-state index in [1.54, 1.807) is 20.8 Å². The summed E-state index contributed by atoms with van der Waals surface area (Å²) in [5, 5.41) is 2.38. The minimum absolute atomic E-state index is 0.306. The van der Waals surface area contributed by atoms with Crippen LogP contribution in [0.3, 0.4) is 0 Å². The van der Waals surface area contributed by atoms with Crippen LogP contribution in [0.25, 0.3) is 0 Å². The molecule has 0 saturated heterocycles. The van der Waals surface area contributed by atoms with Gasteiger partial charge in [-0.3, -0.25) is 0 Å². The van der Waals surface area contributed by atoms with Crippen molar-refractivity contribution >= 4 is 12.4 Å². The lowest BCUT2D eigenvalue weighted by atomic mass is 10.1. The molecule has 0 aromatic heterocycles. The Hall–Kier alpha value is -1.06. The maximum Gasteiger partial charge on any atom is 0.407 e. The molecule has 0 radical (unpaired) electrons. The predicted octanol–water partition coefficient (Wildman–Crippen LogP) is 0.710. The fourth-order valence-corrected chi connectivity index (χ4v) is 0.460. The summed E-state index contributed by atoms with van der Waals surface area (Å²) in [6.45, 7) is 5.20. The molecule has 0 atom stereocenters.